The maximum atomic E-state index is 12.3. The van der Waals surface area contributed by atoms with Gasteiger partial charge in [0.05, 0.1) is 6.04 Å². The summed E-state index contributed by atoms with van der Waals surface area (Å²) in [4.78, 5) is 14.3. The van der Waals surface area contributed by atoms with E-state index in [0.29, 0.717) is 12.3 Å². The topological polar surface area (TPSA) is 20.3 Å². The number of nitrogens with zero attached hydrogens (tertiary/aromatic N) is 1. The van der Waals surface area contributed by atoms with Crippen molar-refractivity contribution in [3.8, 4) is 0 Å². The molecule has 1 amide bonds. The maximum absolute atomic E-state index is 12.3. The molecule has 0 saturated heterocycles. The zero-order valence-electron chi connectivity index (χ0n) is 13.5. The van der Waals surface area contributed by atoms with Gasteiger partial charge in [0.15, 0.2) is 0 Å². The van der Waals surface area contributed by atoms with Crippen molar-refractivity contribution in [2.75, 3.05) is 6.54 Å². The second-order valence-electron chi connectivity index (χ2n) is 5.89. The van der Waals surface area contributed by atoms with E-state index in [1.54, 1.807) is 0 Å². The molecular weight excluding hydrogens is 326 g/mol. The number of benzene rings is 1. The first-order valence-electron chi connectivity index (χ1n) is 7.54. The average molecular weight is 352 g/mol. The Bertz CT molecular complexity index is 480. The van der Waals surface area contributed by atoms with Gasteiger partial charge in [0.2, 0.25) is 5.91 Å². The lowest BCUT2D eigenvalue weighted by Gasteiger charge is -2.32. The Labute approximate surface area is 137 Å². The van der Waals surface area contributed by atoms with E-state index in [4.69, 9.17) is 0 Å². The average Bonchev–Trinajstić information content (AvgIpc) is 2.43. The van der Waals surface area contributed by atoms with Crippen LogP contribution in [-0.4, -0.2) is 17.4 Å². The van der Waals surface area contributed by atoms with Gasteiger partial charge in [-0.2, -0.15) is 0 Å². The summed E-state index contributed by atoms with van der Waals surface area (Å²) in [6.45, 7) is 13.0. The summed E-state index contributed by atoms with van der Waals surface area (Å²) in [5, 5.41) is 0. The molecule has 2 nitrogen and oxygen atoms in total. The molecule has 0 saturated carbocycles. The SMILES string of the molecule is C=C(C)CC(C)CN(C(=O)CC)C(C)c1ccc(Br)cc1. The summed E-state index contributed by atoms with van der Waals surface area (Å²) in [6.07, 6.45) is 1.50. The molecule has 0 aliphatic rings. The van der Waals surface area contributed by atoms with Crippen LogP contribution in [0.5, 0.6) is 0 Å². The molecule has 1 rings (SSSR count). The van der Waals surface area contributed by atoms with Crippen LogP contribution in [0.4, 0.5) is 0 Å². The zero-order chi connectivity index (χ0) is 16.0. The van der Waals surface area contributed by atoms with E-state index < -0.39 is 0 Å². The van der Waals surface area contributed by atoms with Crippen LogP contribution in [0.25, 0.3) is 0 Å². The van der Waals surface area contributed by atoms with Gasteiger partial charge in [0.25, 0.3) is 0 Å². The van der Waals surface area contributed by atoms with Crippen LogP contribution in [0.15, 0.2) is 40.9 Å². The Kier molecular flexibility index (Phi) is 7.16. The van der Waals surface area contributed by atoms with E-state index in [1.165, 1.54) is 11.1 Å². The molecule has 0 aliphatic heterocycles. The number of rotatable bonds is 7. The third-order valence-electron chi connectivity index (χ3n) is 3.65. The van der Waals surface area contributed by atoms with E-state index in [1.807, 2.05) is 30.9 Å². The molecule has 0 aromatic heterocycles. The molecule has 0 bridgehead atoms. The Balaban J connectivity index is 2.88. The maximum Gasteiger partial charge on any atom is 0.222 e. The summed E-state index contributed by atoms with van der Waals surface area (Å²) in [6, 6.07) is 8.30. The van der Waals surface area contributed by atoms with Crippen LogP contribution < -0.4 is 0 Å². The molecule has 3 heteroatoms. The van der Waals surface area contributed by atoms with Gasteiger partial charge in [-0.1, -0.05) is 47.5 Å². The number of allylic oxidation sites excluding steroid dienone is 1. The van der Waals surface area contributed by atoms with Gasteiger partial charge in [0, 0.05) is 17.4 Å². The van der Waals surface area contributed by atoms with Crippen molar-refractivity contribution in [1.82, 2.24) is 4.90 Å². The largest absolute Gasteiger partial charge is 0.336 e. The van der Waals surface area contributed by atoms with E-state index >= 15 is 0 Å². The highest BCUT2D eigenvalue weighted by Crippen LogP contribution is 2.25. The highest BCUT2D eigenvalue weighted by molar-refractivity contribution is 9.10. The Hall–Kier alpha value is -1.09. The molecule has 0 fully saturated rings. The first-order valence-corrected chi connectivity index (χ1v) is 8.33. The summed E-state index contributed by atoms with van der Waals surface area (Å²) in [5.74, 6) is 0.634. The lowest BCUT2D eigenvalue weighted by atomic mass is 10.00. The molecule has 0 N–H and O–H groups in total. The Morgan fingerprint density at radius 3 is 2.33 bits per heavy atom. The fourth-order valence-electron chi connectivity index (χ4n) is 2.60. The minimum atomic E-state index is 0.0955. The molecule has 0 spiro atoms. The minimum absolute atomic E-state index is 0.0955. The fraction of sp³-hybridized carbons (Fsp3) is 0.500. The number of carbonyl (C=O) groups excluding carboxylic acids is 1. The van der Waals surface area contributed by atoms with Crippen molar-refractivity contribution in [2.24, 2.45) is 5.92 Å². The molecule has 21 heavy (non-hydrogen) atoms. The predicted molar refractivity (Wildman–Crippen MR) is 93.2 cm³/mol. The number of hydrogen-bond donors (Lipinski definition) is 0. The molecule has 1 aromatic rings. The monoisotopic (exact) mass is 351 g/mol. The van der Waals surface area contributed by atoms with E-state index in [9.17, 15) is 4.79 Å². The number of hydrogen-bond acceptors (Lipinski definition) is 1. The third-order valence-corrected chi connectivity index (χ3v) is 4.18. The number of halogens is 1. The van der Waals surface area contributed by atoms with Crippen molar-refractivity contribution < 1.29 is 4.79 Å². The Morgan fingerprint density at radius 1 is 1.29 bits per heavy atom. The molecule has 0 heterocycles. The van der Waals surface area contributed by atoms with Gasteiger partial charge in [-0.05, 0) is 43.9 Å². The van der Waals surface area contributed by atoms with Crippen molar-refractivity contribution in [3.63, 3.8) is 0 Å². The van der Waals surface area contributed by atoms with Gasteiger partial charge in [-0.25, -0.2) is 0 Å². The normalized spacial score (nSPS) is 13.6. The van der Waals surface area contributed by atoms with Crippen LogP contribution in [-0.2, 0) is 4.79 Å². The highest BCUT2D eigenvalue weighted by Gasteiger charge is 2.22. The zero-order valence-corrected chi connectivity index (χ0v) is 15.1. The third kappa shape index (κ3) is 5.66. The quantitative estimate of drug-likeness (QED) is 0.606. The van der Waals surface area contributed by atoms with E-state index in [2.05, 4.69) is 48.5 Å². The Morgan fingerprint density at radius 2 is 1.86 bits per heavy atom. The molecule has 1 aromatic carbocycles. The smallest absolute Gasteiger partial charge is 0.222 e. The molecule has 2 atom stereocenters. The standard InChI is InChI=1S/C18H26BrNO/c1-6-18(21)20(12-14(4)11-13(2)3)15(5)16-7-9-17(19)10-8-16/h7-10,14-15H,2,6,11-12H2,1,3-5H3. The molecule has 116 valence electrons. The van der Waals surface area contributed by atoms with Crippen LogP contribution in [0.2, 0.25) is 0 Å². The van der Waals surface area contributed by atoms with Crippen LogP contribution in [0.1, 0.15) is 52.1 Å². The summed E-state index contributed by atoms with van der Waals surface area (Å²) < 4.78 is 1.06. The van der Waals surface area contributed by atoms with Crippen molar-refractivity contribution in [1.29, 1.82) is 0 Å². The second kappa shape index (κ2) is 8.38. The first kappa shape index (κ1) is 18.0. The van der Waals surface area contributed by atoms with Gasteiger partial charge in [0.1, 0.15) is 0 Å². The van der Waals surface area contributed by atoms with Gasteiger partial charge < -0.3 is 4.90 Å². The number of amides is 1. The van der Waals surface area contributed by atoms with Gasteiger partial charge >= 0.3 is 0 Å². The first-order chi connectivity index (χ1) is 9.85. The van der Waals surface area contributed by atoms with E-state index in [-0.39, 0.29) is 11.9 Å². The molecule has 0 aliphatic carbocycles. The highest BCUT2D eigenvalue weighted by atomic mass is 79.9. The van der Waals surface area contributed by atoms with Crippen LogP contribution >= 0.6 is 15.9 Å². The lowest BCUT2D eigenvalue weighted by molar-refractivity contribution is -0.133. The van der Waals surface area contributed by atoms with Crippen molar-refractivity contribution in [3.05, 3.63) is 46.5 Å². The molecular formula is C18H26BrNO. The summed E-state index contributed by atoms with van der Waals surface area (Å²) in [5.41, 5.74) is 2.34. The summed E-state index contributed by atoms with van der Waals surface area (Å²) in [7, 11) is 0. The predicted octanol–water partition coefficient (Wildman–Crippen LogP) is 5.35. The summed E-state index contributed by atoms with van der Waals surface area (Å²) >= 11 is 3.45. The fourth-order valence-corrected chi connectivity index (χ4v) is 2.86. The number of carbonyl (C=O) groups is 1. The van der Waals surface area contributed by atoms with Crippen LogP contribution in [0, 0.1) is 5.92 Å². The van der Waals surface area contributed by atoms with Crippen LogP contribution in [0.3, 0.4) is 0 Å². The second-order valence-corrected chi connectivity index (χ2v) is 6.81. The molecule has 0 radical (unpaired) electrons. The van der Waals surface area contributed by atoms with Gasteiger partial charge in [-0.3, -0.25) is 4.79 Å². The van der Waals surface area contributed by atoms with E-state index in [0.717, 1.165) is 17.4 Å². The minimum Gasteiger partial charge on any atom is -0.336 e. The molecule has 2 unspecified atom stereocenters. The lowest BCUT2D eigenvalue weighted by Crippen LogP contribution is -2.36. The van der Waals surface area contributed by atoms with Crippen molar-refractivity contribution >= 4 is 21.8 Å². The van der Waals surface area contributed by atoms with Gasteiger partial charge in [-0.15, -0.1) is 6.58 Å². The van der Waals surface area contributed by atoms with Crippen molar-refractivity contribution in [2.45, 2.75) is 46.6 Å².